The predicted molar refractivity (Wildman–Crippen MR) is 125 cm³/mol. The fourth-order valence-corrected chi connectivity index (χ4v) is 3.72. The van der Waals surface area contributed by atoms with Crippen molar-refractivity contribution >= 4 is 11.0 Å². The number of imidazole rings is 1. The van der Waals surface area contributed by atoms with Crippen LogP contribution in [0.1, 0.15) is 39.2 Å². The van der Waals surface area contributed by atoms with E-state index in [1.165, 1.54) is 16.6 Å². The van der Waals surface area contributed by atoms with Crippen molar-refractivity contribution in [3.63, 3.8) is 0 Å². The summed E-state index contributed by atoms with van der Waals surface area (Å²) in [5, 5.41) is 0. The van der Waals surface area contributed by atoms with Crippen LogP contribution in [0.15, 0.2) is 78.9 Å². The maximum atomic E-state index is 5.85. The van der Waals surface area contributed by atoms with Gasteiger partial charge in [-0.25, -0.2) is 4.98 Å². The lowest BCUT2D eigenvalue weighted by molar-refractivity contribution is 0.303. The van der Waals surface area contributed by atoms with Gasteiger partial charge < -0.3 is 9.30 Å². The first-order valence-corrected chi connectivity index (χ1v) is 10.8. The van der Waals surface area contributed by atoms with Crippen molar-refractivity contribution in [2.75, 3.05) is 6.61 Å². The van der Waals surface area contributed by atoms with Crippen molar-refractivity contribution in [1.29, 1.82) is 0 Å². The number of benzene rings is 3. The summed E-state index contributed by atoms with van der Waals surface area (Å²) in [6.07, 6.45) is 2.05. The third-order valence-electron chi connectivity index (χ3n) is 5.45. The van der Waals surface area contributed by atoms with Crippen molar-refractivity contribution in [1.82, 2.24) is 9.55 Å². The second-order valence-corrected chi connectivity index (χ2v) is 8.77. The minimum atomic E-state index is 0.150. The number of para-hydroxylation sites is 3. The Morgan fingerprint density at radius 3 is 2.23 bits per heavy atom. The van der Waals surface area contributed by atoms with Crippen LogP contribution in [0.4, 0.5) is 0 Å². The SMILES string of the molecule is CC(C)(C)c1ccc(-c2nc3ccccc3n2CCCCOc2ccccc2)cc1. The molecular formula is C27H30N2O. The summed E-state index contributed by atoms with van der Waals surface area (Å²) >= 11 is 0. The Morgan fingerprint density at radius 2 is 1.50 bits per heavy atom. The standard InChI is InChI=1S/C27H30N2O/c1-27(2,3)22-17-15-21(16-18-22)26-28-24-13-7-8-14-25(24)29(26)19-9-10-20-30-23-11-5-4-6-12-23/h4-8,11-18H,9-10,19-20H2,1-3H3. The topological polar surface area (TPSA) is 27.1 Å². The quantitative estimate of drug-likeness (QED) is 0.318. The lowest BCUT2D eigenvalue weighted by Crippen LogP contribution is -2.10. The van der Waals surface area contributed by atoms with E-state index < -0.39 is 0 Å². The summed E-state index contributed by atoms with van der Waals surface area (Å²) in [6.45, 7) is 8.39. The molecule has 4 aromatic rings. The lowest BCUT2D eigenvalue weighted by atomic mass is 9.87. The molecule has 3 nitrogen and oxygen atoms in total. The molecule has 0 atom stereocenters. The van der Waals surface area contributed by atoms with Gasteiger partial charge in [-0.15, -0.1) is 0 Å². The molecule has 0 fully saturated rings. The third-order valence-corrected chi connectivity index (χ3v) is 5.45. The van der Waals surface area contributed by atoms with E-state index in [0.717, 1.165) is 43.1 Å². The second-order valence-electron chi connectivity index (χ2n) is 8.77. The molecule has 1 aromatic heterocycles. The Bertz CT molecular complexity index is 1090. The highest BCUT2D eigenvalue weighted by Crippen LogP contribution is 2.28. The molecule has 4 rings (SSSR count). The van der Waals surface area contributed by atoms with E-state index in [2.05, 4.69) is 73.9 Å². The van der Waals surface area contributed by atoms with Gasteiger partial charge in [0.25, 0.3) is 0 Å². The summed E-state index contributed by atoms with van der Waals surface area (Å²) in [5.74, 6) is 1.98. The molecule has 154 valence electrons. The van der Waals surface area contributed by atoms with Crippen molar-refractivity contribution in [3.8, 4) is 17.1 Å². The van der Waals surface area contributed by atoms with Crippen LogP contribution in [-0.4, -0.2) is 16.2 Å². The Kier molecular flexibility index (Phi) is 5.89. The fourth-order valence-electron chi connectivity index (χ4n) is 3.72. The second kappa shape index (κ2) is 8.74. The van der Waals surface area contributed by atoms with Gasteiger partial charge in [-0.3, -0.25) is 0 Å². The van der Waals surface area contributed by atoms with Crippen molar-refractivity contribution < 1.29 is 4.74 Å². The molecule has 0 saturated heterocycles. The molecule has 0 radical (unpaired) electrons. The average Bonchev–Trinajstić information content (AvgIpc) is 3.12. The Hall–Kier alpha value is -3.07. The molecule has 0 spiro atoms. The highest BCUT2D eigenvalue weighted by atomic mass is 16.5. The number of fused-ring (bicyclic) bond motifs is 1. The zero-order valence-electron chi connectivity index (χ0n) is 18.1. The van der Waals surface area contributed by atoms with Gasteiger partial charge in [0, 0.05) is 12.1 Å². The van der Waals surface area contributed by atoms with Crippen LogP contribution in [0.5, 0.6) is 5.75 Å². The van der Waals surface area contributed by atoms with Gasteiger partial charge in [0.2, 0.25) is 0 Å². The summed E-state index contributed by atoms with van der Waals surface area (Å²) in [4.78, 5) is 4.95. The number of nitrogens with zero attached hydrogens (tertiary/aromatic N) is 2. The summed E-state index contributed by atoms with van der Waals surface area (Å²) in [5.41, 5.74) is 4.90. The molecular weight excluding hydrogens is 368 g/mol. The van der Waals surface area contributed by atoms with Crippen LogP contribution in [0, 0.1) is 0 Å². The first-order chi connectivity index (χ1) is 14.5. The summed E-state index contributed by atoms with van der Waals surface area (Å²) in [7, 11) is 0. The van der Waals surface area contributed by atoms with E-state index >= 15 is 0 Å². The monoisotopic (exact) mass is 398 g/mol. The van der Waals surface area contributed by atoms with Crippen LogP contribution >= 0.6 is 0 Å². The first kappa shape index (κ1) is 20.2. The molecule has 0 aliphatic rings. The van der Waals surface area contributed by atoms with Gasteiger partial charge in [0.15, 0.2) is 0 Å². The zero-order valence-corrected chi connectivity index (χ0v) is 18.1. The number of hydrogen-bond acceptors (Lipinski definition) is 2. The molecule has 3 heteroatoms. The van der Waals surface area contributed by atoms with E-state index in [9.17, 15) is 0 Å². The van der Waals surface area contributed by atoms with Gasteiger partial charge in [-0.05, 0) is 48.1 Å². The molecule has 0 amide bonds. The molecule has 0 aliphatic heterocycles. The van der Waals surface area contributed by atoms with E-state index in [1.54, 1.807) is 0 Å². The fraction of sp³-hybridized carbons (Fsp3) is 0.296. The average molecular weight is 399 g/mol. The van der Waals surface area contributed by atoms with Crippen LogP contribution in [0.2, 0.25) is 0 Å². The van der Waals surface area contributed by atoms with Crippen molar-refractivity contribution in [2.24, 2.45) is 0 Å². The van der Waals surface area contributed by atoms with E-state index in [-0.39, 0.29) is 5.41 Å². The van der Waals surface area contributed by atoms with Crippen LogP contribution < -0.4 is 4.74 Å². The van der Waals surface area contributed by atoms with Crippen LogP contribution in [0.3, 0.4) is 0 Å². The van der Waals surface area contributed by atoms with Crippen LogP contribution in [0.25, 0.3) is 22.4 Å². The summed E-state index contributed by atoms with van der Waals surface area (Å²) < 4.78 is 8.20. The van der Waals surface area contributed by atoms with E-state index in [1.807, 2.05) is 30.3 Å². The number of rotatable bonds is 7. The zero-order chi connectivity index (χ0) is 21.0. The van der Waals surface area contributed by atoms with E-state index in [4.69, 9.17) is 9.72 Å². The number of aryl methyl sites for hydroxylation is 1. The van der Waals surface area contributed by atoms with Gasteiger partial charge >= 0.3 is 0 Å². The Labute approximate surface area is 179 Å². The molecule has 3 aromatic carbocycles. The number of ether oxygens (including phenoxy) is 1. The minimum Gasteiger partial charge on any atom is -0.494 e. The Morgan fingerprint density at radius 1 is 0.800 bits per heavy atom. The molecule has 0 aliphatic carbocycles. The molecule has 30 heavy (non-hydrogen) atoms. The number of hydrogen-bond donors (Lipinski definition) is 0. The molecule has 0 unspecified atom stereocenters. The van der Waals surface area contributed by atoms with Gasteiger partial charge in [0.05, 0.1) is 17.6 Å². The van der Waals surface area contributed by atoms with Gasteiger partial charge in [0.1, 0.15) is 11.6 Å². The van der Waals surface area contributed by atoms with Crippen molar-refractivity contribution in [3.05, 3.63) is 84.4 Å². The van der Waals surface area contributed by atoms with E-state index in [0.29, 0.717) is 0 Å². The molecule has 0 bridgehead atoms. The number of unbranched alkanes of at least 4 members (excludes halogenated alkanes) is 1. The normalized spacial score (nSPS) is 11.7. The van der Waals surface area contributed by atoms with Crippen LogP contribution in [-0.2, 0) is 12.0 Å². The smallest absolute Gasteiger partial charge is 0.141 e. The maximum Gasteiger partial charge on any atom is 0.141 e. The summed E-state index contributed by atoms with van der Waals surface area (Å²) in [6, 6.07) is 27.3. The molecule has 0 N–H and O–H groups in total. The first-order valence-electron chi connectivity index (χ1n) is 10.8. The molecule has 0 saturated carbocycles. The minimum absolute atomic E-state index is 0.150. The lowest BCUT2D eigenvalue weighted by Gasteiger charge is -2.19. The maximum absolute atomic E-state index is 5.85. The van der Waals surface area contributed by atoms with Gasteiger partial charge in [-0.1, -0.05) is 75.4 Å². The predicted octanol–water partition coefficient (Wildman–Crippen LogP) is 6.86. The third kappa shape index (κ3) is 4.56. The van der Waals surface area contributed by atoms with Gasteiger partial charge in [-0.2, -0.15) is 0 Å². The van der Waals surface area contributed by atoms with Crippen molar-refractivity contribution in [2.45, 2.75) is 45.6 Å². The number of aromatic nitrogens is 2. The highest BCUT2D eigenvalue weighted by molar-refractivity contribution is 5.80. The largest absolute Gasteiger partial charge is 0.494 e. The molecule has 1 heterocycles. The highest BCUT2D eigenvalue weighted by Gasteiger charge is 2.16. The Balaban J connectivity index is 1.50.